The van der Waals surface area contributed by atoms with Crippen LogP contribution in [0.15, 0.2) is 107 Å². The molecule has 0 unspecified atom stereocenters. The molecule has 292 valence electrons. The molecule has 0 aromatic heterocycles. The Morgan fingerprint density at radius 1 is 0.481 bits per heavy atom. The molecule has 2 amide bonds. The molecule has 4 rings (SSSR count). The highest BCUT2D eigenvalue weighted by Gasteiger charge is 2.17. The molecular weight excluding hydrogens is 715 g/mol. The lowest BCUT2D eigenvalue weighted by atomic mass is 10.1. The number of azo groups is 1. The molecule has 0 bridgehead atoms. The zero-order chi connectivity index (χ0) is 37.4. The molecule has 0 aliphatic heterocycles. The predicted molar refractivity (Wildman–Crippen MR) is 215 cm³/mol. The summed E-state index contributed by atoms with van der Waals surface area (Å²) in [5, 5.41) is 14.6. The number of hydrogen-bond donors (Lipinski definition) is 2. The maximum Gasteiger partial charge on any atom is 0.255 e. The van der Waals surface area contributed by atoms with E-state index in [-0.39, 0.29) is 36.6 Å². The summed E-state index contributed by atoms with van der Waals surface area (Å²) >= 11 is 0. The second kappa shape index (κ2) is 23.0. The van der Waals surface area contributed by atoms with E-state index in [2.05, 4.69) is 87.2 Å². The van der Waals surface area contributed by atoms with Crippen molar-refractivity contribution in [1.82, 2.24) is 0 Å². The van der Waals surface area contributed by atoms with E-state index in [0.29, 0.717) is 33.9 Å². The third-order valence-electron chi connectivity index (χ3n) is 9.42. The fourth-order valence-electron chi connectivity index (χ4n) is 6.35. The van der Waals surface area contributed by atoms with Crippen LogP contribution in [0.2, 0.25) is 0 Å². The summed E-state index contributed by atoms with van der Waals surface area (Å²) in [6, 6.07) is 30.4. The number of carbonyl (C=O) groups excluding carboxylic acids is 2. The van der Waals surface area contributed by atoms with E-state index < -0.39 is 0 Å². The highest BCUT2D eigenvalue weighted by molar-refractivity contribution is 6.05. The van der Waals surface area contributed by atoms with E-state index in [1.54, 1.807) is 0 Å². The van der Waals surface area contributed by atoms with Gasteiger partial charge in [0, 0.05) is 33.6 Å². The molecule has 54 heavy (non-hydrogen) atoms. The number of unbranched alkanes of at least 4 members (excludes halogenated alkanes) is 6. The summed E-state index contributed by atoms with van der Waals surface area (Å²) in [6.07, 6.45) is 10.1. The summed E-state index contributed by atoms with van der Waals surface area (Å²) < 4.78 is 1.88. The maximum atomic E-state index is 12.9. The number of quaternary nitrogens is 2. The summed E-state index contributed by atoms with van der Waals surface area (Å²) in [7, 11) is 9.08. The molecule has 0 heterocycles. The number of amides is 2. The smallest absolute Gasteiger partial charge is 0.255 e. The monoisotopic (exact) mass is 774 g/mol. The fourth-order valence-corrected chi connectivity index (χ4v) is 6.35. The lowest BCUT2D eigenvalue weighted by Crippen LogP contribution is -3.00. The third kappa shape index (κ3) is 16.1. The van der Waals surface area contributed by atoms with Crippen molar-refractivity contribution in [3.63, 3.8) is 0 Å². The Balaban J connectivity index is 0.00000504. The van der Waals surface area contributed by atoms with Gasteiger partial charge in [0.05, 0.1) is 52.7 Å². The van der Waals surface area contributed by atoms with Crippen molar-refractivity contribution in [2.24, 2.45) is 10.2 Å². The first-order valence-electron chi connectivity index (χ1n) is 19.0. The molecule has 0 fully saturated rings. The highest BCUT2D eigenvalue weighted by atomic mass is 35.5. The van der Waals surface area contributed by atoms with Gasteiger partial charge in [0.25, 0.3) is 11.8 Å². The van der Waals surface area contributed by atoms with Gasteiger partial charge in [-0.15, -0.1) is 0 Å². The third-order valence-corrected chi connectivity index (χ3v) is 9.42. The van der Waals surface area contributed by atoms with Crippen LogP contribution >= 0.6 is 0 Å². The molecular formula is C44H60Cl2N6O2. The van der Waals surface area contributed by atoms with Gasteiger partial charge in [-0.1, -0.05) is 63.8 Å². The number of benzene rings is 4. The minimum Gasteiger partial charge on any atom is -1.00 e. The highest BCUT2D eigenvalue weighted by Crippen LogP contribution is 2.23. The van der Waals surface area contributed by atoms with Crippen LogP contribution in [0.4, 0.5) is 22.7 Å². The number of halogens is 2. The van der Waals surface area contributed by atoms with E-state index in [1.165, 1.54) is 62.5 Å². The zero-order valence-electron chi connectivity index (χ0n) is 33.1. The molecule has 0 aliphatic carbocycles. The number of carbonyl (C=O) groups is 2. The van der Waals surface area contributed by atoms with Gasteiger partial charge in [-0.2, -0.15) is 10.2 Å². The van der Waals surface area contributed by atoms with Gasteiger partial charge in [-0.3, -0.25) is 9.59 Å². The minimum absolute atomic E-state index is 0. The number of anilines is 2. The Hall–Kier alpha value is -4.08. The van der Waals surface area contributed by atoms with Gasteiger partial charge in [0.2, 0.25) is 0 Å². The SMILES string of the molecule is CCCCCC[N+](C)(C)Cc1ccc(C(=O)Nc2ccc(N=Nc3ccc(NC(=O)c4ccc(C[N+](C)(C)CCCCCC)cc4)cc3)cc2)cc1.[Cl-].[Cl-]. The van der Waals surface area contributed by atoms with Crippen molar-refractivity contribution < 1.29 is 43.4 Å². The van der Waals surface area contributed by atoms with Crippen LogP contribution in [-0.2, 0) is 13.1 Å². The summed E-state index contributed by atoms with van der Waals surface area (Å²) in [6.45, 7) is 8.66. The van der Waals surface area contributed by atoms with E-state index in [1.807, 2.05) is 72.8 Å². The number of rotatable bonds is 20. The maximum absolute atomic E-state index is 12.9. The topological polar surface area (TPSA) is 82.9 Å². The number of hydrogen-bond acceptors (Lipinski definition) is 4. The van der Waals surface area contributed by atoms with Gasteiger partial charge in [0.1, 0.15) is 13.1 Å². The van der Waals surface area contributed by atoms with Gasteiger partial charge in [-0.25, -0.2) is 0 Å². The van der Waals surface area contributed by atoms with Crippen molar-refractivity contribution in [2.45, 2.75) is 78.3 Å². The summed E-state index contributed by atoms with van der Waals surface area (Å²) in [5.41, 5.74) is 6.42. The van der Waals surface area contributed by atoms with Gasteiger partial charge >= 0.3 is 0 Å². The van der Waals surface area contributed by atoms with Crippen molar-refractivity contribution >= 4 is 34.6 Å². The molecule has 8 nitrogen and oxygen atoms in total. The molecule has 4 aromatic carbocycles. The van der Waals surface area contributed by atoms with Crippen LogP contribution in [0, 0.1) is 0 Å². The minimum atomic E-state index is -0.148. The lowest BCUT2D eigenvalue weighted by molar-refractivity contribution is -0.903. The standard InChI is InChI=1S/C44H58N6O2.2ClH/c1-7-9-11-13-31-49(3,4)33-35-15-19-37(20-16-35)43(51)45-39-23-27-41(28-24-39)47-48-42-29-25-40(26-30-42)46-44(52)38-21-17-36(18-22-38)34-50(5,6)32-14-12-10-8-2;;/h15-30H,7-14,31-34H2,1-6H3;2*1H. The average Bonchev–Trinajstić information content (AvgIpc) is 3.12. The molecule has 4 aromatic rings. The van der Waals surface area contributed by atoms with Crippen LogP contribution < -0.4 is 35.4 Å². The predicted octanol–water partition coefficient (Wildman–Crippen LogP) is 4.93. The number of nitrogens with one attached hydrogen (secondary N) is 2. The number of nitrogens with zero attached hydrogens (tertiary/aromatic N) is 4. The molecule has 0 aliphatic rings. The van der Waals surface area contributed by atoms with E-state index >= 15 is 0 Å². The fraction of sp³-hybridized carbons (Fsp3) is 0.409. The van der Waals surface area contributed by atoms with Crippen molar-refractivity contribution in [1.29, 1.82) is 0 Å². The second-order valence-electron chi connectivity index (χ2n) is 15.4. The van der Waals surface area contributed by atoms with Gasteiger partial charge in [-0.05, 0) is 98.5 Å². The first kappa shape index (κ1) is 46.1. The molecule has 0 saturated heterocycles. The van der Waals surface area contributed by atoms with Crippen molar-refractivity contribution in [3.05, 3.63) is 119 Å². The summed E-state index contributed by atoms with van der Waals surface area (Å²) in [4.78, 5) is 25.8. The van der Waals surface area contributed by atoms with Crippen LogP contribution in [0.3, 0.4) is 0 Å². The van der Waals surface area contributed by atoms with E-state index in [4.69, 9.17) is 0 Å². The average molecular weight is 776 g/mol. The largest absolute Gasteiger partial charge is 1.00 e. The Morgan fingerprint density at radius 3 is 1.13 bits per heavy atom. The first-order chi connectivity index (χ1) is 24.9. The molecule has 0 radical (unpaired) electrons. The Kier molecular flexibility index (Phi) is 19.6. The zero-order valence-corrected chi connectivity index (χ0v) is 34.6. The van der Waals surface area contributed by atoms with E-state index in [0.717, 1.165) is 35.1 Å². The second-order valence-corrected chi connectivity index (χ2v) is 15.4. The summed E-state index contributed by atoms with van der Waals surface area (Å²) in [5.74, 6) is -0.296. The van der Waals surface area contributed by atoms with Crippen LogP contribution in [0.1, 0.15) is 97.1 Å². The van der Waals surface area contributed by atoms with Gasteiger partial charge in [0.15, 0.2) is 0 Å². The van der Waals surface area contributed by atoms with Crippen LogP contribution in [0.25, 0.3) is 0 Å². The Bertz CT molecular complexity index is 1590. The molecule has 0 atom stereocenters. The molecule has 2 N–H and O–H groups in total. The van der Waals surface area contributed by atoms with Crippen LogP contribution in [0.5, 0.6) is 0 Å². The molecule has 10 heteroatoms. The van der Waals surface area contributed by atoms with Gasteiger partial charge < -0.3 is 44.4 Å². The molecule has 0 spiro atoms. The van der Waals surface area contributed by atoms with Crippen molar-refractivity contribution in [2.75, 3.05) is 51.9 Å². The van der Waals surface area contributed by atoms with E-state index in [9.17, 15) is 9.59 Å². The van der Waals surface area contributed by atoms with Crippen LogP contribution in [-0.4, -0.2) is 62.1 Å². The first-order valence-corrected chi connectivity index (χ1v) is 19.0. The molecule has 0 saturated carbocycles. The quantitative estimate of drug-likeness (QED) is 0.0760. The van der Waals surface area contributed by atoms with Crippen molar-refractivity contribution in [3.8, 4) is 0 Å². The normalized spacial score (nSPS) is 11.4. The lowest BCUT2D eigenvalue weighted by Gasteiger charge is -2.30. The Labute approximate surface area is 336 Å². The Morgan fingerprint density at radius 2 is 0.815 bits per heavy atom.